The normalized spacial score (nSPS) is 14.3. The molecule has 5 rings (SSSR count). The van der Waals surface area contributed by atoms with Crippen molar-refractivity contribution in [2.24, 2.45) is 0 Å². The van der Waals surface area contributed by atoms with E-state index in [0.29, 0.717) is 40.8 Å². The Balaban J connectivity index is 1.42. The van der Waals surface area contributed by atoms with Crippen LogP contribution in [0.15, 0.2) is 62.5 Å². The van der Waals surface area contributed by atoms with E-state index in [1.165, 1.54) is 0 Å². The molecule has 0 amide bonds. The lowest BCUT2D eigenvalue weighted by Gasteiger charge is -2.27. The molecule has 1 aromatic carbocycles. The summed E-state index contributed by atoms with van der Waals surface area (Å²) in [5, 5.41) is 1.21. The molecule has 0 N–H and O–H groups in total. The van der Waals surface area contributed by atoms with Crippen molar-refractivity contribution in [3.05, 3.63) is 81.1 Å². The molecule has 28 heavy (non-hydrogen) atoms. The number of hydrogen-bond donors (Lipinski definition) is 0. The van der Waals surface area contributed by atoms with Crippen molar-refractivity contribution in [3.63, 3.8) is 0 Å². The third-order valence-corrected chi connectivity index (χ3v) is 5.41. The van der Waals surface area contributed by atoms with Crippen LogP contribution in [-0.4, -0.2) is 21.4 Å². The molecule has 0 spiro atoms. The van der Waals surface area contributed by atoms with E-state index in [9.17, 15) is 4.79 Å². The van der Waals surface area contributed by atoms with Crippen LogP contribution in [-0.2, 0) is 19.5 Å². The summed E-state index contributed by atoms with van der Waals surface area (Å²) in [6, 6.07) is 11.0. The largest absolute Gasteiger partial charge is 0.461 e. The van der Waals surface area contributed by atoms with Crippen LogP contribution in [0.1, 0.15) is 16.8 Å². The molecule has 6 nitrogen and oxygen atoms in total. The predicted molar refractivity (Wildman–Crippen MR) is 105 cm³/mol. The lowest BCUT2D eigenvalue weighted by atomic mass is 10.1. The van der Waals surface area contributed by atoms with Gasteiger partial charge in [-0.15, -0.1) is 0 Å². The van der Waals surface area contributed by atoms with Crippen LogP contribution < -0.4 is 5.63 Å². The van der Waals surface area contributed by atoms with Crippen LogP contribution in [0.3, 0.4) is 0 Å². The van der Waals surface area contributed by atoms with E-state index in [2.05, 4.69) is 14.9 Å². The summed E-state index contributed by atoms with van der Waals surface area (Å²) in [4.78, 5) is 23.6. The molecule has 1 aliphatic rings. The zero-order valence-corrected chi connectivity index (χ0v) is 15.6. The van der Waals surface area contributed by atoms with Crippen molar-refractivity contribution in [1.82, 2.24) is 14.9 Å². The Morgan fingerprint density at radius 2 is 2.07 bits per heavy atom. The van der Waals surface area contributed by atoms with Crippen LogP contribution in [0, 0.1) is 0 Å². The summed E-state index contributed by atoms with van der Waals surface area (Å²) in [7, 11) is 0. The highest BCUT2D eigenvalue weighted by Gasteiger charge is 2.22. The van der Waals surface area contributed by atoms with E-state index >= 15 is 0 Å². The highest BCUT2D eigenvalue weighted by Crippen LogP contribution is 2.27. The molecule has 4 aromatic rings. The molecule has 0 atom stereocenters. The highest BCUT2D eigenvalue weighted by atomic mass is 35.5. The molecule has 1 aliphatic heterocycles. The van der Waals surface area contributed by atoms with E-state index in [-0.39, 0.29) is 5.63 Å². The molecule has 0 fully saturated rings. The first-order valence-electron chi connectivity index (χ1n) is 9.00. The van der Waals surface area contributed by atoms with Gasteiger partial charge in [0.25, 0.3) is 0 Å². The van der Waals surface area contributed by atoms with Crippen LogP contribution in [0.2, 0.25) is 5.02 Å². The van der Waals surface area contributed by atoms with E-state index in [1.54, 1.807) is 12.3 Å². The number of aromatic nitrogens is 2. The number of fused-ring (bicyclic) bond motifs is 2. The Bertz CT molecular complexity index is 1220. The van der Waals surface area contributed by atoms with Crippen molar-refractivity contribution in [1.29, 1.82) is 0 Å². The second-order valence-corrected chi connectivity index (χ2v) is 7.16. The number of rotatable bonds is 3. The van der Waals surface area contributed by atoms with Gasteiger partial charge in [-0.3, -0.25) is 4.90 Å². The molecule has 0 saturated carbocycles. The molecule has 3 aromatic heterocycles. The third-order valence-electron chi connectivity index (χ3n) is 4.97. The Morgan fingerprint density at radius 3 is 2.93 bits per heavy atom. The van der Waals surface area contributed by atoms with E-state index in [4.69, 9.17) is 20.4 Å². The maximum atomic E-state index is 12.4. The molecule has 0 bridgehead atoms. The van der Waals surface area contributed by atoms with Crippen molar-refractivity contribution >= 4 is 22.6 Å². The van der Waals surface area contributed by atoms with Crippen molar-refractivity contribution < 1.29 is 8.83 Å². The van der Waals surface area contributed by atoms with Crippen LogP contribution in [0.25, 0.3) is 22.6 Å². The molecule has 0 aliphatic carbocycles. The lowest BCUT2D eigenvalue weighted by Crippen LogP contribution is -2.32. The zero-order chi connectivity index (χ0) is 19.1. The molecular weight excluding hydrogens is 378 g/mol. The van der Waals surface area contributed by atoms with Crippen LogP contribution in [0.4, 0.5) is 0 Å². The van der Waals surface area contributed by atoms with Gasteiger partial charge in [0.15, 0.2) is 11.6 Å². The fourth-order valence-corrected chi connectivity index (χ4v) is 3.84. The smallest absolute Gasteiger partial charge is 0.342 e. The minimum Gasteiger partial charge on any atom is -0.461 e. The summed E-state index contributed by atoms with van der Waals surface area (Å²) in [5.41, 5.74) is 2.65. The van der Waals surface area contributed by atoms with Gasteiger partial charge in [0.2, 0.25) is 0 Å². The number of para-hydroxylation sites is 1. The predicted octanol–water partition coefficient (Wildman–Crippen LogP) is 4.05. The number of halogens is 1. The maximum Gasteiger partial charge on any atom is 0.342 e. The molecule has 0 unspecified atom stereocenters. The number of furan rings is 1. The van der Waals surface area contributed by atoms with Gasteiger partial charge in [0, 0.05) is 43.2 Å². The van der Waals surface area contributed by atoms with Crippen LogP contribution >= 0.6 is 11.6 Å². The number of benzene rings is 1. The van der Waals surface area contributed by atoms with Crippen molar-refractivity contribution in [2.45, 2.75) is 19.5 Å². The number of nitrogens with zero attached hydrogens (tertiary/aromatic N) is 3. The summed E-state index contributed by atoms with van der Waals surface area (Å²) in [5.74, 6) is 1.25. The molecule has 140 valence electrons. The summed E-state index contributed by atoms with van der Waals surface area (Å²) < 4.78 is 10.8. The number of hydrogen-bond acceptors (Lipinski definition) is 6. The third kappa shape index (κ3) is 3.00. The SMILES string of the molecule is O=c1oc2ccccc2c(Cl)c1CN1CCc2nc(-c3ccco3)ncc2C1. The molecule has 0 saturated heterocycles. The maximum absolute atomic E-state index is 12.4. The minimum absolute atomic E-state index is 0.390. The van der Waals surface area contributed by atoms with Crippen molar-refractivity contribution in [2.75, 3.05) is 6.54 Å². The second-order valence-electron chi connectivity index (χ2n) is 6.78. The summed E-state index contributed by atoms with van der Waals surface area (Å²) >= 11 is 6.52. The van der Waals surface area contributed by atoms with E-state index in [1.807, 2.05) is 36.5 Å². The first-order valence-corrected chi connectivity index (χ1v) is 9.38. The standard InChI is InChI=1S/C21H16ClN3O3/c22-19-14-4-1-2-5-17(14)28-21(26)15(19)12-25-8-7-16-13(11-25)10-23-20(24-16)18-6-3-9-27-18/h1-6,9-10H,7-8,11-12H2. The highest BCUT2D eigenvalue weighted by molar-refractivity contribution is 6.35. The van der Waals surface area contributed by atoms with Gasteiger partial charge in [-0.1, -0.05) is 23.7 Å². The Hall–Kier alpha value is -2.96. The summed E-state index contributed by atoms with van der Waals surface area (Å²) in [6.45, 7) is 1.84. The van der Waals surface area contributed by atoms with Gasteiger partial charge in [-0.25, -0.2) is 14.8 Å². The quantitative estimate of drug-likeness (QED) is 0.489. The monoisotopic (exact) mass is 393 g/mol. The average Bonchev–Trinajstić information content (AvgIpc) is 3.25. The van der Waals surface area contributed by atoms with E-state index < -0.39 is 0 Å². The minimum atomic E-state index is -0.390. The molecule has 0 radical (unpaired) electrons. The Labute approximate surface area is 165 Å². The van der Waals surface area contributed by atoms with Gasteiger partial charge in [0.1, 0.15) is 5.58 Å². The Kier molecular flexibility index (Phi) is 4.22. The van der Waals surface area contributed by atoms with Crippen molar-refractivity contribution in [3.8, 4) is 11.6 Å². The molecular formula is C21H16ClN3O3. The fraction of sp³-hybridized carbons (Fsp3) is 0.190. The van der Waals surface area contributed by atoms with Gasteiger partial charge >= 0.3 is 5.63 Å². The zero-order valence-electron chi connectivity index (χ0n) is 14.9. The molecule has 4 heterocycles. The summed E-state index contributed by atoms with van der Waals surface area (Å²) in [6.07, 6.45) is 4.21. The van der Waals surface area contributed by atoms with Gasteiger partial charge in [-0.05, 0) is 24.3 Å². The lowest BCUT2D eigenvalue weighted by molar-refractivity contribution is 0.240. The van der Waals surface area contributed by atoms with Crippen LogP contribution in [0.5, 0.6) is 0 Å². The van der Waals surface area contributed by atoms with Gasteiger partial charge < -0.3 is 8.83 Å². The molecule has 7 heteroatoms. The van der Waals surface area contributed by atoms with E-state index in [0.717, 1.165) is 29.6 Å². The fourth-order valence-electron chi connectivity index (χ4n) is 3.54. The topological polar surface area (TPSA) is 72.4 Å². The van der Waals surface area contributed by atoms with Gasteiger partial charge in [-0.2, -0.15) is 0 Å². The first kappa shape index (κ1) is 17.2. The second kappa shape index (κ2) is 6.89. The average molecular weight is 394 g/mol. The first-order chi connectivity index (χ1) is 13.7. The Morgan fingerprint density at radius 1 is 1.18 bits per heavy atom. The van der Waals surface area contributed by atoms with Gasteiger partial charge in [0.05, 0.1) is 22.5 Å².